The van der Waals surface area contributed by atoms with Gasteiger partial charge in [-0.15, -0.1) is 0 Å². The molecule has 0 spiro atoms. The van der Waals surface area contributed by atoms with Crippen LogP contribution in [0.5, 0.6) is 0 Å². The van der Waals surface area contributed by atoms with Gasteiger partial charge in [-0.25, -0.2) is 0 Å². The Hall–Kier alpha value is -2.57. The number of esters is 1. The van der Waals surface area contributed by atoms with Crippen LogP contribution in [-0.4, -0.2) is 30.1 Å². The third-order valence-corrected chi connectivity index (χ3v) is 3.98. The van der Waals surface area contributed by atoms with E-state index in [1.54, 1.807) is 0 Å². The van der Waals surface area contributed by atoms with Crippen LogP contribution in [0.2, 0.25) is 0 Å². The van der Waals surface area contributed by atoms with Gasteiger partial charge < -0.3 is 9.53 Å². The largest absolute Gasteiger partial charge is 0.468 e. The summed E-state index contributed by atoms with van der Waals surface area (Å²) in [5.41, 5.74) is -1.08. The number of rotatable bonds is 5. The van der Waals surface area contributed by atoms with E-state index < -0.39 is 33.9 Å². The molecule has 0 aromatic heterocycles. The molecule has 0 bridgehead atoms. The number of ether oxygens (including phenoxy) is 1. The van der Waals surface area contributed by atoms with Gasteiger partial charge in [-0.3, -0.25) is 19.7 Å². The molecular weight excluding hydrogens is 278 g/mol. The third-order valence-electron chi connectivity index (χ3n) is 3.98. The molecule has 1 saturated carbocycles. The van der Waals surface area contributed by atoms with Crippen LogP contribution >= 0.6 is 0 Å². The summed E-state index contributed by atoms with van der Waals surface area (Å²) >= 11 is 0. The molecule has 1 fully saturated rings. The minimum absolute atomic E-state index is 0.103. The first-order chi connectivity index (χ1) is 9.91. The first-order valence-corrected chi connectivity index (χ1v) is 6.20. The summed E-state index contributed by atoms with van der Waals surface area (Å²) in [6, 6.07) is 5.45. The molecule has 3 atom stereocenters. The molecule has 1 aliphatic carbocycles. The number of Topliss-reactive ketones (excluding diaryl/α,β-unsaturated/α-hetero) is 1. The highest BCUT2D eigenvalue weighted by Gasteiger charge is 2.74. The topological polar surface area (TPSA) is 104 Å². The molecule has 0 heterocycles. The van der Waals surface area contributed by atoms with Gasteiger partial charge in [-0.05, 0) is 12.5 Å². The monoisotopic (exact) mass is 291 g/mol. The molecule has 1 aliphatic rings. The van der Waals surface area contributed by atoms with E-state index in [4.69, 9.17) is 0 Å². The lowest BCUT2D eigenvalue weighted by Crippen LogP contribution is -2.29. The van der Waals surface area contributed by atoms with Crippen molar-refractivity contribution in [2.24, 2.45) is 11.3 Å². The highest BCUT2D eigenvalue weighted by Crippen LogP contribution is 2.65. The Morgan fingerprint density at radius 3 is 2.29 bits per heavy atom. The van der Waals surface area contributed by atoms with Crippen molar-refractivity contribution in [3.8, 4) is 0 Å². The second-order valence-electron chi connectivity index (χ2n) is 4.90. The number of carbonyl (C=O) groups is 3. The average Bonchev–Trinajstić information content (AvgIpc) is 3.16. The van der Waals surface area contributed by atoms with Crippen molar-refractivity contribution in [1.29, 1.82) is 0 Å². The van der Waals surface area contributed by atoms with Gasteiger partial charge in [0.25, 0.3) is 5.69 Å². The number of hydrogen-bond acceptors (Lipinski definition) is 6. The van der Waals surface area contributed by atoms with Crippen LogP contribution in [0.15, 0.2) is 24.3 Å². The lowest BCUT2D eigenvalue weighted by Gasteiger charge is -2.11. The fourth-order valence-corrected chi connectivity index (χ4v) is 2.90. The number of nitro benzene ring substituents is 1. The van der Waals surface area contributed by atoms with Gasteiger partial charge in [0.2, 0.25) is 0 Å². The molecule has 0 aliphatic heterocycles. The zero-order valence-corrected chi connectivity index (χ0v) is 11.4. The standard InChI is InChI=1S/C14H13NO6/c1-8(17)14(13(18)21-2)11(7-16)12(14)9-3-5-10(6-4-9)15(19)20/h3-7,11-12H,1-2H3/t11-,12-,14+/m1/s1. The summed E-state index contributed by atoms with van der Waals surface area (Å²) in [6.45, 7) is 1.23. The highest BCUT2D eigenvalue weighted by atomic mass is 16.6. The lowest BCUT2D eigenvalue weighted by molar-refractivity contribution is -0.384. The number of carbonyl (C=O) groups excluding carboxylic acids is 3. The van der Waals surface area contributed by atoms with E-state index in [0.717, 1.165) is 7.11 Å². The second kappa shape index (κ2) is 5.08. The van der Waals surface area contributed by atoms with Crippen LogP contribution in [0.3, 0.4) is 0 Å². The Bertz CT molecular complexity index is 623. The normalized spacial score (nSPS) is 26.8. The molecule has 2 rings (SSSR count). The van der Waals surface area contributed by atoms with E-state index in [2.05, 4.69) is 4.74 Å². The predicted octanol–water partition coefficient (Wildman–Crippen LogP) is 1.26. The van der Waals surface area contributed by atoms with Crippen LogP contribution in [0.1, 0.15) is 18.4 Å². The maximum absolute atomic E-state index is 12.0. The number of hydrogen-bond donors (Lipinski definition) is 0. The van der Waals surface area contributed by atoms with Crippen LogP contribution in [-0.2, 0) is 19.1 Å². The summed E-state index contributed by atoms with van der Waals surface area (Å²) in [7, 11) is 1.15. The van der Waals surface area contributed by atoms with Crippen LogP contribution in [0.25, 0.3) is 0 Å². The first-order valence-electron chi connectivity index (χ1n) is 6.20. The molecule has 0 N–H and O–H groups in total. The van der Waals surface area contributed by atoms with E-state index in [0.29, 0.717) is 11.8 Å². The highest BCUT2D eigenvalue weighted by molar-refractivity contribution is 6.11. The lowest BCUT2D eigenvalue weighted by atomic mass is 9.94. The van der Waals surface area contributed by atoms with Gasteiger partial charge >= 0.3 is 5.97 Å². The van der Waals surface area contributed by atoms with Gasteiger partial charge in [0.15, 0.2) is 0 Å². The summed E-state index contributed by atoms with van der Waals surface area (Å²) in [4.78, 5) is 45.1. The van der Waals surface area contributed by atoms with Gasteiger partial charge in [0.1, 0.15) is 17.5 Å². The number of benzene rings is 1. The van der Waals surface area contributed by atoms with E-state index in [1.165, 1.54) is 31.2 Å². The van der Waals surface area contributed by atoms with Crippen LogP contribution < -0.4 is 0 Å². The Labute approximate surface area is 120 Å². The van der Waals surface area contributed by atoms with Gasteiger partial charge in [-0.2, -0.15) is 0 Å². The van der Waals surface area contributed by atoms with E-state index in [-0.39, 0.29) is 5.69 Å². The van der Waals surface area contributed by atoms with E-state index >= 15 is 0 Å². The summed E-state index contributed by atoms with van der Waals surface area (Å²) < 4.78 is 4.66. The predicted molar refractivity (Wildman–Crippen MR) is 70.5 cm³/mol. The number of non-ortho nitro benzene ring substituents is 1. The molecule has 0 saturated heterocycles. The Balaban J connectivity index is 2.43. The number of aldehydes is 1. The smallest absolute Gasteiger partial charge is 0.320 e. The number of ketones is 1. The summed E-state index contributed by atoms with van der Waals surface area (Å²) in [5.74, 6) is -2.64. The van der Waals surface area contributed by atoms with Crippen molar-refractivity contribution in [2.75, 3.05) is 7.11 Å². The Morgan fingerprint density at radius 1 is 1.33 bits per heavy atom. The van der Waals surface area contributed by atoms with Crippen molar-refractivity contribution in [2.45, 2.75) is 12.8 Å². The Kier molecular flexibility index (Phi) is 3.59. The van der Waals surface area contributed by atoms with Crippen LogP contribution in [0, 0.1) is 21.4 Å². The summed E-state index contributed by atoms with van der Waals surface area (Å²) in [6.07, 6.45) is 0.560. The molecule has 1 aromatic rings. The molecule has 0 amide bonds. The van der Waals surface area contributed by atoms with Crippen molar-refractivity contribution >= 4 is 23.7 Å². The molecule has 110 valence electrons. The van der Waals surface area contributed by atoms with Gasteiger partial charge in [0.05, 0.1) is 12.0 Å². The number of methoxy groups -OCH3 is 1. The molecule has 7 nitrogen and oxygen atoms in total. The molecule has 1 aromatic carbocycles. The average molecular weight is 291 g/mol. The van der Waals surface area contributed by atoms with Crippen LogP contribution in [0.4, 0.5) is 5.69 Å². The zero-order valence-electron chi connectivity index (χ0n) is 11.4. The van der Waals surface area contributed by atoms with Crippen molar-refractivity contribution in [1.82, 2.24) is 0 Å². The Morgan fingerprint density at radius 2 is 1.90 bits per heavy atom. The maximum atomic E-state index is 12.0. The second-order valence-corrected chi connectivity index (χ2v) is 4.90. The molecule has 0 unspecified atom stereocenters. The fraction of sp³-hybridized carbons (Fsp3) is 0.357. The SMILES string of the molecule is COC(=O)[C@@]1(C(C)=O)[C@H](C=O)[C@H]1c1ccc([N+](=O)[O-])cc1. The zero-order chi connectivity index (χ0) is 15.8. The molecule has 7 heteroatoms. The van der Waals surface area contributed by atoms with E-state index in [1.807, 2.05) is 0 Å². The van der Waals surface area contributed by atoms with Crippen molar-refractivity contribution in [3.05, 3.63) is 39.9 Å². The molecule has 0 radical (unpaired) electrons. The van der Waals surface area contributed by atoms with Crippen molar-refractivity contribution in [3.63, 3.8) is 0 Å². The molecular formula is C14H13NO6. The third kappa shape index (κ3) is 2.01. The van der Waals surface area contributed by atoms with Crippen molar-refractivity contribution < 1.29 is 24.0 Å². The minimum Gasteiger partial charge on any atom is -0.468 e. The summed E-state index contributed by atoms with van der Waals surface area (Å²) in [5, 5.41) is 10.6. The first kappa shape index (κ1) is 14.8. The number of nitro groups is 1. The quantitative estimate of drug-likeness (QED) is 0.266. The number of nitrogens with zero attached hydrogens (tertiary/aromatic N) is 1. The van der Waals surface area contributed by atoms with Gasteiger partial charge in [0, 0.05) is 24.0 Å². The maximum Gasteiger partial charge on any atom is 0.320 e. The molecule has 21 heavy (non-hydrogen) atoms. The van der Waals surface area contributed by atoms with Gasteiger partial charge in [-0.1, -0.05) is 12.1 Å². The van der Waals surface area contributed by atoms with E-state index in [9.17, 15) is 24.5 Å². The minimum atomic E-state index is -1.51. The fourth-order valence-electron chi connectivity index (χ4n) is 2.90.